The van der Waals surface area contributed by atoms with Gasteiger partial charge in [0.1, 0.15) is 5.82 Å². The minimum Gasteiger partial charge on any atom is -0.454 e. The summed E-state index contributed by atoms with van der Waals surface area (Å²) in [5, 5.41) is 2.88. The highest BCUT2D eigenvalue weighted by molar-refractivity contribution is 5.81. The van der Waals surface area contributed by atoms with E-state index >= 15 is 0 Å². The number of hydrogen-bond donors (Lipinski definition) is 1. The molecule has 0 radical (unpaired) electrons. The van der Waals surface area contributed by atoms with Crippen LogP contribution in [0, 0.1) is 5.82 Å². The fourth-order valence-electron chi connectivity index (χ4n) is 3.34. The van der Waals surface area contributed by atoms with Gasteiger partial charge < -0.3 is 19.7 Å². The van der Waals surface area contributed by atoms with Crippen molar-refractivity contribution in [2.75, 3.05) is 44.8 Å². The number of halogens is 1. The maximum absolute atomic E-state index is 13.6. The third-order valence-electron chi connectivity index (χ3n) is 4.87. The second-order valence-corrected chi connectivity index (χ2v) is 6.68. The molecular formula is C20H22FN3O3. The fraction of sp³-hybridized carbons (Fsp3) is 0.350. The van der Waals surface area contributed by atoms with Crippen LogP contribution in [0.25, 0.3) is 0 Å². The van der Waals surface area contributed by atoms with Gasteiger partial charge in [-0.3, -0.25) is 9.69 Å². The van der Waals surface area contributed by atoms with Gasteiger partial charge in [-0.2, -0.15) is 0 Å². The molecule has 4 rings (SSSR count). The summed E-state index contributed by atoms with van der Waals surface area (Å²) >= 11 is 0. The topological polar surface area (TPSA) is 54.0 Å². The molecule has 2 heterocycles. The first-order chi connectivity index (χ1) is 13.2. The lowest BCUT2D eigenvalue weighted by Gasteiger charge is -2.35. The Morgan fingerprint density at radius 2 is 1.81 bits per heavy atom. The fourth-order valence-corrected chi connectivity index (χ4v) is 3.34. The van der Waals surface area contributed by atoms with E-state index in [0.717, 1.165) is 31.1 Å². The van der Waals surface area contributed by atoms with Crippen molar-refractivity contribution in [3.05, 3.63) is 53.8 Å². The number of anilines is 1. The zero-order valence-corrected chi connectivity index (χ0v) is 15.0. The molecule has 6 nitrogen and oxygen atoms in total. The van der Waals surface area contributed by atoms with Crippen LogP contribution in [0.2, 0.25) is 0 Å². The molecule has 0 unspecified atom stereocenters. The summed E-state index contributed by atoms with van der Waals surface area (Å²) in [6.07, 6.45) is 0. The lowest BCUT2D eigenvalue weighted by Crippen LogP contribution is -2.49. The van der Waals surface area contributed by atoms with Gasteiger partial charge in [0, 0.05) is 32.7 Å². The highest BCUT2D eigenvalue weighted by Gasteiger charge is 2.22. The first kappa shape index (κ1) is 17.6. The largest absolute Gasteiger partial charge is 0.454 e. The molecule has 0 saturated carbocycles. The van der Waals surface area contributed by atoms with Gasteiger partial charge in [-0.05, 0) is 29.8 Å². The maximum atomic E-state index is 13.6. The lowest BCUT2D eigenvalue weighted by molar-refractivity contribution is -0.131. The number of rotatable bonds is 5. The van der Waals surface area contributed by atoms with Gasteiger partial charge in [0.2, 0.25) is 12.7 Å². The van der Waals surface area contributed by atoms with Crippen molar-refractivity contribution in [2.24, 2.45) is 0 Å². The summed E-state index contributed by atoms with van der Waals surface area (Å²) in [5.41, 5.74) is 1.52. The predicted octanol–water partition coefficient (Wildman–Crippen LogP) is 2.31. The molecule has 27 heavy (non-hydrogen) atoms. The molecule has 2 aliphatic rings. The Labute approximate surface area is 157 Å². The minimum absolute atomic E-state index is 0.0130. The number of carbonyl (C=O) groups excluding carboxylic acids is 1. The molecule has 0 atom stereocenters. The number of hydrogen-bond acceptors (Lipinski definition) is 5. The minimum atomic E-state index is -0.348. The molecule has 1 amide bonds. The molecule has 0 spiro atoms. The summed E-state index contributed by atoms with van der Waals surface area (Å²) < 4.78 is 24.4. The Kier molecular flexibility index (Phi) is 5.11. The highest BCUT2D eigenvalue weighted by Crippen LogP contribution is 2.32. The number of benzene rings is 2. The zero-order chi connectivity index (χ0) is 18.6. The number of piperazine rings is 1. The molecule has 7 heteroatoms. The van der Waals surface area contributed by atoms with E-state index < -0.39 is 0 Å². The Bertz CT molecular complexity index is 822. The van der Waals surface area contributed by atoms with E-state index in [0.29, 0.717) is 18.8 Å². The van der Waals surface area contributed by atoms with Crippen molar-refractivity contribution < 1.29 is 18.7 Å². The number of nitrogens with one attached hydrogen (secondary N) is 1. The second-order valence-electron chi connectivity index (χ2n) is 6.68. The molecule has 142 valence electrons. The zero-order valence-electron chi connectivity index (χ0n) is 15.0. The quantitative estimate of drug-likeness (QED) is 0.874. The lowest BCUT2D eigenvalue weighted by atomic mass is 10.1. The third kappa shape index (κ3) is 4.14. The Balaban J connectivity index is 1.25. The normalized spacial score (nSPS) is 16.4. The molecule has 2 aliphatic heterocycles. The van der Waals surface area contributed by atoms with Crippen LogP contribution in [0.1, 0.15) is 5.56 Å². The van der Waals surface area contributed by atoms with Gasteiger partial charge in [-0.25, -0.2) is 4.39 Å². The van der Waals surface area contributed by atoms with Gasteiger partial charge in [0.05, 0.1) is 12.2 Å². The molecule has 1 fully saturated rings. The van der Waals surface area contributed by atoms with Crippen LogP contribution in [-0.4, -0.2) is 55.2 Å². The summed E-state index contributed by atoms with van der Waals surface area (Å²) in [6.45, 7) is 4.14. The first-order valence-electron chi connectivity index (χ1n) is 9.06. The van der Waals surface area contributed by atoms with E-state index in [9.17, 15) is 9.18 Å². The van der Waals surface area contributed by atoms with Gasteiger partial charge in [-0.1, -0.05) is 18.2 Å². The predicted molar refractivity (Wildman–Crippen MR) is 99.3 cm³/mol. The maximum Gasteiger partial charge on any atom is 0.241 e. The summed E-state index contributed by atoms with van der Waals surface area (Å²) in [5.74, 6) is 1.22. The third-order valence-corrected chi connectivity index (χ3v) is 4.87. The van der Waals surface area contributed by atoms with E-state index in [1.54, 1.807) is 18.2 Å². The number of fused-ring (bicyclic) bond motifs is 1. The second kappa shape index (κ2) is 7.84. The van der Waals surface area contributed by atoms with Gasteiger partial charge in [0.25, 0.3) is 0 Å². The monoisotopic (exact) mass is 371 g/mol. The van der Waals surface area contributed by atoms with Crippen molar-refractivity contribution in [3.8, 4) is 11.5 Å². The molecule has 1 N–H and O–H groups in total. The van der Waals surface area contributed by atoms with Crippen LogP contribution in [0.3, 0.4) is 0 Å². The van der Waals surface area contributed by atoms with Crippen LogP contribution < -0.4 is 14.8 Å². The van der Waals surface area contributed by atoms with E-state index in [-0.39, 0.29) is 25.1 Å². The molecule has 0 aromatic heterocycles. The molecular weight excluding hydrogens is 349 g/mol. The summed E-state index contributed by atoms with van der Waals surface area (Å²) in [4.78, 5) is 16.5. The highest BCUT2D eigenvalue weighted by atomic mass is 19.1. The van der Waals surface area contributed by atoms with Crippen molar-refractivity contribution >= 4 is 11.6 Å². The molecule has 1 saturated heterocycles. The van der Waals surface area contributed by atoms with E-state index in [4.69, 9.17) is 9.47 Å². The van der Waals surface area contributed by atoms with Gasteiger partial charge in [-0.15, -0.1) is 0 Å². The first-order valence-corrected chi connectivity index (χ1v) is 9.06. The van der Waals surface area contributed by atoms with Crippen LogP contribution in [-0.2, 0) is 11.3 Å². The number of carbonyl (C=O) groups is 1. The van der Waals surface area contributed by atoms with Crippen molar-refractivity contribution in [1.82, 2.24) is 9.80 Å². The van der Waals surface area contributed by atoms with Crippen LogP contribution in [0.15, 0.2) is 42.5 Å². The number of ether oxygens (including phenoxy) is 2. The van der Waals surface area contributed by atoms with E-state index in [1.807, 2.05) is 23.1 Å². The Morgan fingerprint density at radius 1 is 1.04 bits per heavy atom. The Morgan fingerprint density at radius 3 is 2.63 bits per heavy atom. The number of amides is 1. The summed E-state index contributed by atoms with van der Waals surface area (Å²) in [7, 11) is 0. The van der Waals surface area contributed by atoms with Crippen molar-refractivity contribution in [2.45, 2.75) is 6.54 Å². The standard InChI is InChI=1S/C20H22FN3O3/c21-16-3-1-2-4-17(16)22-12-20(25)24-9-7-23(8-10-24)13-15-5-6-18-19(11-15)27-14-26-18/h1-6,11,22H,7-10,12-14H2. The molecule has 2 aromatic carbocycles. The van der Waals surface area contributed by atoms with E-state index in [1.165, 1.54) is 11.6 Å². The number of nitrogens with zero attached hydrogens (tertiary/aromatic N) is 2. The SMILES string of the molecule is O=C(CNc1ccccc1F)N1CCN(Cc2ccc3c(c2)OCO3)CC1. The van der Waals surface area contributed by atoms with Crippen LogP contribution in [0.4, 0.5) is 10.1 Å². The molecule has 2 aromatic rings. The van der Waals surface area contributed by atoms with E-state index in [2.05, 4.69) is 10.2 Å². The van der Waals surface area contributed by atoms with Gasteiger partial charge >= 0.3 is 0 Å². The van der Waals surface area contributed by atoms with Crippen LogP contribution in [0.5, 0.6) is 11.5 Å². The van der Waals surface area contributed by atoms with Gasteiger partial charge in [0.15, 0.2) is 11.5 Å². The number of para-hydroxylation sites is 1. The Hall–Kier alpha value is -2.80. The molecule has 0 bridgehead atoms. The molecule has 0 aliphatic carbocycles. The average Bonchev–Trinajstić information content (AvgIpc) is 3.15. The smallest absolute Gasteiger partial charge is 0.241 e. The average molecular weight is 371 g/mol. The summed E-state index contributed by atoms with van der Waals surface area (Å²) in [6, 6.07) is 12.4. The van der Waals surface area contributed by atoms with Crippen molar-refractivity contribution in [1.29, 1.82) is 0 Å². The van der Waals surface area contributed by atoms with Crippen LogP contribution >= 0.6 is 0 Å². The van der Waals surface area contributed by atoms with Crippen molar-refractivity contribution in [3.63, 3.8) is 0 Å².